The zero-order valence-corrected chi connectivity index (χ0v) is 8.24. The van der Waals surface area contributed by atoms with Crippen LogP contribution in [-0.4, -0.2) is 32.4 Å². The Hall–Kier alpha value is -1.97. The van der Waals surface area contributed by atoms with E-state index >= 15 is 0 Å². The van der Waals surface area contributed by atoms with Crippen LogP contribution in [0.1, 0.15) is 28.4 Å². The standard InChI is InChI=1S/C10H10N2O4/c11-3-1-8(13)9(14)7-5-12-4-2-6(7)10(15)16/h2,4-5,8-9,13-14H,1H2,(H,15,16). The molecule has 0 aliphatic heterocycles. The predicted octanol–water partition coefficient (Wildman–Crippen LogP) is 0.0878. The number of pyridine rings is 1. The Bertz CT molecular complexity index is 427. The molecule has 1 aromatic rings. The molecule has 0 saturated heterocycles. The maximum absolute atomic E-state index is 10.8. The predicted molar refractivity (Wildman–Crippen MR) is 52.4 cm³/mol. The molecule has 6 nitrogen and oxygen atoms in total. The molecule has 0 aliphatic rings. The number of aliphatic hydroxyl groups excluding tert-OH is 2. The first-order chi connectivity index (χ1) is 7.57. The van der Waals surface area contributed by atoms with Gasteiger partial charge in [-0.25, -0.2) is 4.79 Å². The van der Waals surface area contributed by atoms with Gasteiger partial charge in [-0.2, -0.15) is 5.26 Å². The van der Waals surface area contributed by atoms with Crippen molar-refractivity contribution >= 4 is 5.97 Å². The second kappa shape index (κ2) is 5.21. The van der Waals surface area contributed by atoms with Crippen molar-refractivity contribution in [1.82, 2.24) is 4.98 Å². The van der Waals surface area contributed by atoms with Gasteiger partial charge >= 0.3 is 5.97 Å². The van der Waals surface area contributed by atoms with Crippen LogP contribution in [-0.2, 0) is 0 Å². The molecule has 0 aromatic carbocycles. The molecule has 2 atom stereocenters. The maximum Gasteiger partial charge on any atom is 0.336 e. The van der Waals surface area contributed by atoms with Crippen molar-refractivity contribution in [2.75, 3.05) is 0 Å². The highest BCUT2D eigenvalue weighted by molar-refractivity contribution is 5.89. The van der Waals surface area contributed by atoms with Gasteiger partial charge in [-0.15, -0.1) is 0 Å². The molecule has 0 fully saturated rings. The Labute approximate surface area is 91.4 Å². The van der Waals surface area contributed by atoms with E-state index in [9.17, 15) is 15.0 Å². The van der Waals surface area contributed by atoms with E-state index in [2.05, 4.69) is 4.98 Å². The summed E-state index contributed by atoms with van der Waals surface area (Å²) in [7, 11) is 0. The Kier molecular flexibility index (Phi) is 3.94. The fourth-order valence-electron chi connectivity index (χ4n) is 1.25. The molecule has 0 amide bonds. The molecule has 0 saturated carbocycles. The molecule has 0 radical (unpaired) electrons. The fourth-order valence-corrected chi connectivity index (χ4v) is 1.25. The quantitative estimate of drug-likeness (QED) is 0.665. The third kappa shape index (κ3) is 2.53. The summed E-state index contributed by atoms with van der Waals surface area (Å²) in [4.78, 5) is 14.5. The summed E-state index contributed by atoms with van der Waals surface area (Å²) >= 11 is 0. The van der Waals surface area contributed by atoms with Crippen LogP contribution in [0.3, 0.4) is 0 Å². The van der Waals surface area contributed by atoms with E-state index in [1.807, 2.05) is 0 Å². The van der Waals surface area contributed by atoms with E-state index in [4.69, 9.17) is 10.4 Å². The number of carbonyl (C=O) groups is 1. The topological polar surface area (TPSA) is 114 Å². The first-order valence-corrected chi connectivity index (χ1v) is 4.48. The Morgan fingerprint density at radius 2 is 2.25 bits per heavy atom. The molecule has 1 rings (SSSR count). The molecular formula is C10H10N2O4. The maximum atomic E-state index is 10.8. The van der Waals surface area contributed by atoms with Gasteiger partial charge in [-0.05, 0) is 6.07 Å². The van der Waals surface area contributed by atoms with Crippen LogP contribution in [0.5, 0.6) is 0 Å². The minimum atomic E-state index is -1.43. The SMILES string of the molecule is N#CCC(O)C(O)c1cnccc1C(=O)O. The highest BCUT2D eigenvalue weighted by Gasteiger charge is 2.23. The first kappa shape index (κ1) is 12.1. The molecule has 0 bridgehead atoms. The number of carboxylic acids is 1. The summed E-state index contributed by atoms with van der Waals surface area (Å²) < 4.78 is 0. The molecule has 0 spiro atoms. The largest absolute Gasteiger partial charge is 0.478 e. The van der Waals surface area contributed by atoms with E-state index in [0.29, 0.717) is 0 Å². The van der Waals surface area contributed by atoms with Gasteiger partial charge in [0.25, 0.3) is 0 Å². The molecule has 2 unspecified atom stereocenters. The lowest BCUT2D eigenvalue weighted by molar-refractivity contribution is 0.0203. The van der Waals surface area contributed by atoms with Crippen molar-refractivity contribution in [2.24, 2.45) is 0 Å². The Morgan fingerprint density at radius 3 is 2.81 bits per heavy atom. The molecule has 1 heterocycles. The fraction of sp³-hybridized carbons (Fsp3) is 0.300. The van der Waals surface area contributed by atoms with Crippen LogP contribution in [0.15, 0.2) is 18.5 Å². The van der Waals surface area contributed by atoms with Gasteiger partial charge in [0.2, 0.25) is 0 Å². The van der Waals surface area contributed by atoms with Gasteiger partial charge in [0.05, 0.1) is 24.2 Å². The molecule has 1 aromatic heterocycles. The zero-order chi connectivity index (χ0) is 12.1. The van der Waals surface area contributed by atoms with E-state index < -0.39 is 18.2 Å². The number of rotatable bonds is 4. The third-order valence-corrected chi connectivity index (χ3v) is 2.07. The van der Waals surface area contributed by atoms with Crippen LogP contribution >= 0.6 is 0 Å². The molecule has 84 valence electrons. The summed E-state index contributed by atoms with van der Waals surface area (Å²) in [6, 6.07) is 2.91. The molecular weight excluding hydrogens is 212 g/mol. The second-order valence-corrected chi connectivity index (χ2v) is 3.14. The highest BCUT2D eigenvalue weighted by atomic mass is 16.4. The van der Waals surface area contributed by atoms with Gasteiger partial charge in [0.1, 0.15) is 6.10 Å². The van der Waals surface area contributed by atoms with Crippen molar-refractivity contribution in [3.8, 4) is 6.07 Å². The van der Waals surface area contributed by atoms with Gasteiger partial charge < -0.3 is 15.3 Å². The third-order valence-electron chi connectivity index (χ3n) is 2.07. The number of nitriles is 1. The van der Waals surface area contributed by atoms with Crippen LogP contribution in [0.2, 0.25) is 0 Å². The monoisotopic (exact) mass is 222 g/mol. The molecule has 16 heavy (non-hydrogen) atoms. The molecule has 3 N–H and O–H groups in total. The van der Waals surface area contributed by atoms with E-state index in [0.717, 1.165) is 6.20 Å². The Morgan fingerprint density at radius 1 is 1.56 bits per heavy atom. The number of aliphatic hydroxyl groups is 2. The number of hydrogen-bond donors (Lipinski definition) is 3. The lowest BCUT2D eigenvalue weighted by atomic mass is 9.99. The first-order valence-electron chi connectivity index (χ1n) is 4.48. The molecule has 0 aliphatic carbocycles. The molecule has 6 heteroatoms. The van der Waals surface area contributed by atoms with Crippen LogP contribution < -0.4 is 0 Å². The zero-order valence-electron chi connectivity index (χ0n) is 8.24. The van der Waals surface area contributed by atoms with Crippen molar-refractivity contribution in [3.05, 3.63) is 29.6 Å². The average Bonchev–Trinajstić information content (AvgIpc) is 2.28. The second-order valence-electron chi connectivity index (χ2n) is 3.14. The lowest BCUT2D eigenvalue weighted by Gasteiger charge is -2.16. The summed E-state index contributed by atoms with van der Waals surface area (Å²) in [5.41, 5.74) is -0.141. The minimum Gasteiger partial charge on any atom is -0.478 e. The van der Waals surface area contributed by atoms with E-state index in [1.54, 1.807) is 6.07 Å². The normalized spacial score (nSPS) is 13.8. The summed E-state index contributed by atoms with van der Waals surface area (Å²) in [5.74, 6) is -1.22. The average molecular weight is 222 g/mol. The summed E-state index contributed by atoms with van der Waals surface area (Å²) in [6.07, 6.45) is -0.605. The van der Waals surface area contributed by atoms with Crippen molar-refractivity contribution in [2.45, 2.75) is 18.6 Å². The Balaban J connectivity index is 3.04. The number of nitrogens with zero attached hydrogens (tertiary/aromatic N) is 2. The van der Waals surface area contributed by atoms with Crippen molar-refractivity contribution in [3.63, 3.8) is 0 Å². The lowest BCUT2D eigenvalue weighted by Crippen LogP contribution is -2.20. The van der Waals surface area contributed by atoms with E-state index in [-0.39, 0.29) is 17.5 Å². The van der Waals surface area contributed by atoms with Crippen LogP contribution in [0.4, 0.5) is 0 Å². The van der Waals surface area contributed by atoms with Gasteiger partial charge in [-0.3, -0.25) is 4.98 Å². The van der Waals surface area contributed by atoms with Crippen LogP contribution in [0.25, 0.3) is 0 Å². The van der Waals surface area contributed by atoms with Gasteiger partial charge in [0.15, 0.2) is 0 Å². The van der Waals surface area contributed by atoms with Crippen LogP contribution in [0, 0.1) is 11.3 Å². The smallest absolute Gasteiger partial charge is 0.336 e. The van der Waals surface area contributed by atoms with Crippen molar-refractivity contribution < 1.29 is 20.1 Å². The summed E-state index contributed by atoms with van der Waals surface area (Å²) in [5, 5.41) is 36.2. The number of aromatic nitrogens is 1. The highest BCUT2D eigenvalue weighted by Crippen LogP contribution is 2.21. The number of carboxylic acid groups (broad SMARTS) is 1. The van der Waals surface area contributed by atoms with Gasteiger partial charge in [-0.1, -0.05) is 0 Å². The number of aromatic carboxylic acids is 1. The summed E-state index contributed by atoms with van der Waals surface area (Å²) in [6.45, 7) is 0. The van der Waals surface area contributed by atoms with Crippen molar-refractivity contribution in [1.29, 1.82) is 5.26 Å². The number of hydrogen-bond acceptors (Lipinski definition) is 5. The van der Waals surface area contributed by atoms with Gasteiger partial charge in [0, 0.05) is 18.0 Å². The minimum absolute atomic E-state index is 0.00208. The van der Waals surface area contributed by atoms with E-state index in [1.165, 1.54) is 12.3 Å².